The van der Waals surface area contributed by atoms with Crippen molar-refractivity contribution < 1.29 is 66.4 Å². The number of carbonyl (C=O) groups is 1. The van der Waals surface area contributed by atoms with Gasteiger partial charge < -0.3 is 66.9 Å². The van der Waals surface area contributed by atoms with Gasteiger partial charge in [0.15, 0.2) is 24.2 Å². The Morgan fingerprint density at radius 2 is 1.11 bits per heavy atom. The standard InChI is InChI=1S/C55H79NO14/c1-8-9-10-11-12-22-29-59-52-46(56-39(3)57)49(48(63-34-44-36-65-55(6,7)70-44)45(67-52)37-58-33-43-35-64-54(4,5)69-43)68-53-51(62-32-42-27-20-15-21-28-42)50(61-31-41-25-18-14-19-26-41)47(38(2)66-53)60-30-40-23-16-13-17-24-40/h13-21,23-28,38,43-53H,8-12,22,29-37H2,1-7H3,(H,56,57)/t38-,43+,44+,45+,46+,47+,48+,49+,50+,51-,52-,53-/m0/s1. The third kappa shape index (κ3) is 16.6. The number of ether oxygens (including phenoxy) is 13. The van der Waals surface area contributed by atoms with Gasteiger partial charge in [-0.3, -0.25) is 4.79 Å². The summed E-state index contributed by atoms with van der Waals surface area (Å²) in [5, 5.41) is 3.15. The molecule has 0 unspecified atom stereocenters. The molecule has 0 saturated carbocycles. The summed E-state index contributed by atoms with van der Waals surface area (Å²) in [6.45, 7) is 15.5. The molecule has 15 heteroatoms. The Balaban J connectivity index is 1.23. The predicted octanol–water partition coefficient (Wildman–Crippen LogP) is 8.18. The molecule has 15 nitrogen and oxygen atoms in total. The predicted molar refractivity (Wildman–Crippen MR) is 260 cm³/mol. The number of hydrogen-bond donors (Lipinski definition) is 1. The topological polar surface area (TPSA) is 149 Å². The summed E-state index contributed by atoms with van der Waals surface area (Å²) in [5.74, 6) is -1.81. The number of unbranched alkanes of at least 4 members (excludes halogenated alkanes) is 5. The molecular formula is C55H79NO14. The Morgan fingerprint density at radius 3 is 1.66 bits per heavy atom. The fraction of sp³-hybridized carbons (Fsp3) is 0.655. The van der Waals surface area contributed by atoms with E-state index in [-0.39, 0.29) is 45.0 Å². The van der Waals surface area contributed by atoms with Crippen molar-refractivity contribution in [2.24, 2.45) is 0 Å². The molecule has 0 bridgehead atoms. The Kier molecular flexibility index (Phi) is 21.0. The molecule has 388 valence electrons. The van der Waals surface area contributed by atoms with Crippen molar-refractivity contribution in [1.29, 1.82) is 0 Å². The first-order chi connectivity index (χ1) is 33.9. The van der Waals surface area contributed by atoms with Gasteiger partial charge in [0.1, 0.15) is 54.9 Å². The minimum absolute atomic E-state index is 0.0794. The summed E-state index contributed by atoms with van der Waals surface area (Å²) in [4.78, 5) is 13.4. The van der Waals surface area contributed by atoms with Crippen molar-refractivity contribution in [3.63, 3.8) is 0 Å². The van der Waals surface area contributed by atoms with Gasteiger partial charge in [0.05, 0.1) is 59.0 Å². The van der Waals surface area contributed by atoms with E-state index in [0.29, 0.717) is 26.4 Å². The first kappa shape index (κ1) is 54.4. The highest BCUT2D eigenvalue weighted by molar-refractivity contribution is 5.73. The highest BCUT2D eigenvalue weighted by Crippen LogP contribution is 2.36. The van der Waals surface area contributed by atoms with Crippen LogP contribution < -0.4 is 5.32 Å². The number of amides is 1. The van der Waals surface area contributed by atoms with Crippen molar-refractivity contribution in [2.45, 2.75) is 192 Å². The summed E-state index contributed by atoms with van der Waals surface area (Å²) in [6.07, 6.45) is -1.49. The average Bonchev–Trinajstić information content (AvgIpc) is 3.89. The van der Waals surface area contributed by atoms with Crippen LogP contribution in [-0.4, -0.2) is 131 Å². The summed E-state index contributed by atoms with van der Waals surface area (Å²) >= 11 is 0. The van der Waals surface area contributed by atoms with Crippen LogP contribution in [0.1, 0.15) is 104 Å². The maximum atomic E-state index is 13.4. The first-order valence-electron chi connectivity index (χ1n) is 25.5. The number of benzene rings is 3. The second kappa shape index (κ2) is 27.1. The Hall–Kier alpha value is -3.39. The average molecular weight is 978 g/mol. The van der Waals surface area contributed by atoms with Crippen LogP contribution in [0.15, 0.2) is 91.0 Å². The van der Waals surface area contributed by atoms with Crippen LogP contribution in [0.3, 0.4) is 0 Å². The van der Waals surface area contributed by atoms with Gasteiger partial charge in [-0.15, -0.1) is 0 Å². The van der Waals surface area contributed by atoms with Gasteiger partial charge in [-0.25, -0.2) is 0 Å². The van der Waals surface area contributed by atoms with Gasteiger partial charge >= 0.3 is 0 Å². The lowest BCUT2D eigenvalue weighted by Crippen LogP contribution is -2.69. The molecule has 4 fully saturated rings. The van der Waals surface area contributed by atoms with Crippen molar-refractivity contribution in [3.8, 4) is 0 Å². The summed E-state index contributed by atoms with van der Waals surface area (Å²) < 4.78 is 85.9. The van der Waals surface area contributed by atoms with Gasteiger partial charge in [-0.1, -0.05) is 130 Å². The maximum absolute atomic E-state index is 13.4. The largest absolute Gasteiger partial charge is 0.376 e. The number of nitrogens with one attached hydrogen (secondary N) is 1. The Labute approximate surface area is 415 Å². The van der Waals surface area contributed by atoms with E-state index in [1.165, 1.54) is 19.8 Å². The van der Waals surface area contributed by atoms with Gasteiger partial charge in [0.2, 0.25) is 5.91 Å². The molecular weight excluding hydrogens is 899 g/mol. The molecule has 3 aromatic rings. The van der Waals surface area contributed by atoms with Gasteiger partial charge in [0.25, 0.3) is 0 Å². The quantitative estimate of drug-likeness (QED) is 0.0732. The summed E-state index contributed by atoms with van der Waals surface area (Å²) in [6, 6.07) is 29.1. The highest BCUT2D eigenvalue weighted by Gasteiger charge is 2.54. The molecule has 0 radical (unpaired) electrons. The van der Waals surface area contributed by atoms with Gasteiger partial charge in [0, 0.05) is 13.5 Å². The molecule has 1 amide bonds. The zero-order chi connectivity index (χ0) is 49.4. The molecule has 1 N–H and O–H groups in total. The molecule has 12 atom stereocenters. The molecule has 0 aliphatic carbocycles. The smallest absolute Gasteiger partial charge is 0.217 e. The van der Waals surface area contributed by atoms with E-state index < -0.39 is 79.0 Å². The Bertz CT molecular complexity index is 1940. The zero-order valence-electron chi connectivity index (χ0n) is 42.4. The lowest BCUT2D eigenvalue weighted by molar-refractivity contribution is -0.358. The number of rotatable bonds is 27. The molecule has 70 heavy (non-hydrogen) atoms. The molecule has 4 heterocycles. The van der Waals surface area contributed by atoms with Crippen LogP contribution in [0, 0.1) is 0 Å². The first-order valence-corrected chi connectivity index (χ1v) is 25.5. The van der Waals surface area contributed by atoms with Gasteiger partial charge in [-0.2, -0.15) is 0 Å². The molecule has 4 aliphatic heterocycles. The minimum Gasteiger partial charge on any atom is -0.376 e. The second-order valence-electron chi connectivity index (χ2n) is 19.7. The molecule has 3 aromatic carbocycles. The molecule has 0 spiro atoms. The fourth-order valence-electron chi connectivity index (χ4n) is 9.37. The highest BCUT2D eigenvalue weighted by atomic mass is 16.8. The lowest BCUT2D eigenvalue weighted by atomic mass is 9.94. The Morgan fingerprint density at radius 1 is 0.586 bits per heavy atom. The number of carbonyl (C=O) groups excluding carboxylic acids is 1. The van der Waals surface area contributed by atoms with Crippen molar-refractivity contribution >= 4 is 5.91 Å². The maximum Gasteiger partial charge on any atom is 0.217 e. The van der Waals surface area contributed by atoms with E-state index in [9.17, 15) is 4.79 Å². The third-order valence-corrected chi connectivity index (χ3v) is 12.9. The van der Waals surface area contributed by atoms with E-state index in [1.54, 1.807) is 0 Å². The van der Waals surface area contributed by atoms with E-state index in [4.69, 9.17) is 61.6 Å². The molecule has 0 aromatic heterocycles. The number of hydrogen-bond acceptors (Lipinski definition) is 14. The van der Waals surface area contributed by atoms with Crippen LogP contribution in [0.25, 0.3) is 0 Å². The van der Waals surface area contributed by atoms with E-state index >= 15 is 0 Å². The van der Waals surface area contributed by atoms with Crippen LogP contribution in [0.4, 0.5) is 0 Å². The van der Waals surface area contributed by atoms with E-state index in [0.717, 1.165) is 42.4 Å². The fourth-order valence-corrected chi connectivity index (χ4v) is 9.37. The van der Waals surface area contributed by atoms with E-state index in [1.807, 2.05) is 126 Å². The monoisotopic (exact) mass is 978 g/mol. The SMILES string of the molecule is CCCCCCCCO[C@H]1O[C@H](COC[C@@H]2COC(C)(C)O2)[C@@H](OC[C@@H]2COC(C)(C)O2)[C@H](O[C@@H]2O[C@@H](C)[C@@H](OCc3ccccc3)[C@@H](OCc3ccccc3)[C@@H]2OCc2ccccc2)[C@H]1NC(C)=O. The molecule has 4 aliphatic rings. The van der Waals surface area contributed by atoms with Crippen LogP contribution >= 0.6 is 0 Å². The zero-order valence-corrected chi connectivity index (χ0v) is 42.4. The molecule has 7 rings (SSSR count). The van der Waals surface area contributed by atoms with Crippen molar-refractivity contribution in [2.75, 3.05) is 39.6 Å². The van der Waals surface area contributed by atoms with Crippen LogP contribution in [0.5, 0.6) is 0 Å². The van der Waals surface area contributed by atoms with Crippen molar-refractivity contribution in [1.82, 2.24) is 5.32 Å². The minimum atomic E-state index is -1.07. The van der Waals surface area contributed by atoms with Gasteiger partial charge in [-0.05, 0) is 57.7 Å². The van der Waals surface area contributed by atoms with Crippen molar-refractivity contribution in [3.05, 3.63) is 108 Å². The molecule has 4 saturated heterocycles. The van der Waals surface area contributed by atoms with Crippen LogP contribution in [0.2, 0.25) is 0 Å². The lowest BCUT2D eigenvalue weighted by Gasteiger charge is -2.50. The third-order valence-electron chi connectivity index (χ3n) is 12.9. The summed E-state index contributed by atoms with van der Waals surface area (Å²) in [7, 11) is 0. The second-order valence-corrected chi connectivity index (χ2v) is 19.7. The van der Waals surface area contributed by atoms with Crippen LogP contribution in [-0.2, 0) is 86.2 Å². The summed E-state index contributed by atoms with van der Waals surface area (Å²) in [5.41, 5.74) is 2.95. The van der Waals surface area contributed by atoms with E-state index in [2.05, 4.69) is 12.2 Å². The normalized spacial score (nSPS) is 30.6.